The first-order valence-electron chi connectivity index (χ1n) is 7.87. The van der Waals surface area contributed by atoms with Crippen molar-refractivity contribution in [1.82, 2.24) is 5.32 Å². The second-order valence-corrected chi connectivity index (χ2v) is 6.35. The van der Waals surface area contributed by atoms with E-state index < -0.39 is 11.8 Å². The lowest BCUT2D eigenvalue weighted by Crippen LogP contribution is -2.39. The topological polar surface area (TPSA) is 85.9 Å². The third-order valence-corrected chi connectivity index (χ3v) is 4.90. The number of carbonyl (C=O) groups is 1. The standard InChI is InChI=1S/C18H19N3O2S/c1-3-9-24-18-14(11-20)16(13(10-19)17(22)21-18)12-7-5-6-8-15(12)23-4-2/h5-8,13,16H,3-4,9H2,1-2H3,(H,21,22)/t13-,16+/m1/s1. The second kappa shape index (κ2) is 8.42. The van der Waals surface area contributed by atoms with Crippen molar-refractivity contribution in [3.63, 3.8) is 0 Å². The minimum absolute atomic E-state index is 0.369. The summed E-state index contributed by atoms with van der Waals surface area (Å²) in [6.07, 6.45) is 0.921. The Balaban J connectivity index is 2.59. The van der Waals surface area contributed by atoms with Crippen LogP contribution in [0.1, 0.15) is 31.7 Å². The summed E-state index contributed by atoms with van der Waals surface area (Å²) in [7, 11) is 0. The molecule has 2 atom stereocenters. The van der Waals surface area contributed by atoms with Crippen molar-refractivity contribution in [2.24, 2.45) is 5.92 Å². The molecule has 0 fully saturated rings. The van der Waals surface area contributed by atoms with Gasteiger partial charge in [-0.05, 0) is 25.2 Å². The zero-order valence-electron chi connectivity index (χ0n) is 13.7. The number of carbonyl (C=O) groups excluding carboxylic acids is 1. The maximum Gasteiger partial charge on any atom is 0.243 e. The minimum atomic E-state index is -0.952. The number of nitrogens with zero attached hydrogens (tertiary/aromatic N) is 2. The monoisotopic (exact) mass is 341 g/mol. The number of allylic oxidation sites excluding steroid dienone is 1. The van der Waals surface area contributed by atoms with E-state index in [2.05, 4.69) is 17.5 Å². The molecule has 0 aromatic heterocycles. The molecular weight excluding hydrogens is 322 g/mol. The number of rotatable bonds is 6. The van der Waals surface area contributed by atoms with Gasteiger partial charge >= 0.3 is 0 Å². The van der Waals surface area contributed by atoms with Crippen LogP contribution in [-0.2, 0) is 4.79 Å². The van der Waals surface area contributed by atoms with Gasteiger partial charge in [0.2, 0.25) is 5.91 Å². The highest BCUT2D eigenvalue weighted by molar-refractivity contribution is 8.03. The van der Waals surface area contributed by atoms with E-state index in [-0.39, 0.29) is 5.91 Å². The highest BCUT2D eigenvalue weighted by Gasteiger charge is 2.40. The zero-order chi connectivity index (χ0) is 17.5. The van der Waals surface area contributed by atoms with Crippen molar-refractivity contribution < 1.29 is 9.53 Å². The molecule has 1 N–H and O–H groups in total. The van der Waals surface area contributed by atoms with E-state index >= 15 is 0 Å². The van der Waals surface area contributed by atoms with Crippen LogP contribution in [0, 0.1) is 28.6 Å². The second-order valence-electron chi connectivity index (χ2n) is 5.25. The van der Waals surface area contributed by atoms with Crippen LogP contribution in [0.3, 0.4) is 0 Å². The van der Waals surface area contributed by atoms with Gasteiger partial charge in [0, 0.05) is 5.56 Å². The number of hydrogen-bond donors (Lipinski definition) is 1. The van der Waals surface area contributed by atoms with Crippen LogP contribution in [0.2, 0.25) is 0 Å². The quantitative estimate of drug-likeness (QED) is 0.858. The van der Waals surface area contributed by atoms with E-state index in [0.29, 0.717) is 28.5 Å². The average Bonchev–Trinajstić information content (AvgIpc) is 2.60. The fraction of sp³-hybridized carbons (Fsp3) is 0.389. The maximum absolute atomic E-state index is 12.4. The fourth-order valence-corrected chi connectivity index (χ4v) is 3.56. The predicted octanol–water partition coefficient (Wildman–Crippen LogP) is 3.32. The molecule has 0 spiro atoms. The highest BCUT2D eigenvalue weighted by Crippen LogP contribution is 2.42. The fourth-order valence-electron chi connectivity index (χ4n) is 2.65. The van der Waals surface area contributed by atoms with Gasteiger partial charge in [-0.1, -0.05) is 25.1 Å². The van der Waals surface area contributed by atoms with Gasteiger partial charge < -0.3 is 10.1 Å². The van der Waals surface area contributed by atoms with E-state index in [1.54, 1.807) is 6.07 Å². The van der Waals surface area contributed by atoms with Gasteiger partial charge in [0.1, 0.15) is 11.7 Å². The molecule has 0 bridgehead atoms. The Morgan fingerprint density at radius 1 is 1.29 bits per heavy atom. The molecule has 124 valence electrons. The number of ether oxygens (including phenoxy) is 1. The molecule has 1 amide bonds. The summed E-state index contributed by atoms with van der Waals surface area (Å²) in [5.41, 5.74) is 1.12. The lowest BCUT2D eigenvalue weighted by molar-refractivity contribution is -0.123. The van der Waals surface area contributed by atoms with Crippen molar-refractivity contribution in [1.29, 1.82) is 10.5 Å². The van der Waals surface area contributed by atoms with E-state index in [1.807, 2.05) is 32.0 Å². The summed E-state index contributed by atoms with van der Waals surface area (Å²) in [5, 5.41) is 22.5. The lowest BCUT2D eigenvalue weighted by Gasteiger charge is -2.29. The molecule has 1 aromatic rings. The third kappa shape index (κ3) is 3.55. The van der Waals surface area contributed by atoms with E-state index in [0.717, 1.165) is 12.2 Å². The van der Waals surface area contributed by atoms with Gasteiger partial charge in [-0.3, -0.25) is 4.79 Å². The molecule has 0 saturated heterocycles. The van der Waals surface area contributed by atoms with Crippen LogP contribution in [-0.4, -0.2) is 18.3 Å². The molecule has 1 aliphatic heterocycles. The largest absolute Gasteiger partial charge is 0.494 e. The van der Waals surface area contributed by atoms with Crippen LogP contribution in [0.15, 0.2) is 34.9 Å². The van der Waals surface area contributed by atoms with Crippen LogP contribution < -0.4 is 10.1 Å². The molecule has 0 aliphatic carbocycles. The first-order valence-corrected chi connectivity index (χ1v) is 8.85. The molecular formula is C18H19N3O2S. The van der Waals surface area contributed by atoms with Gasteiger partial charge in [-0.25, -0.2) is 0 Å². The number of nitriles is 2. The van der Waals surface area contributed by atoms with Crippen molar-refractivity contribution in [3.8, 4) is 17.9 Å². The Labute approximate surface area is 146 Å². The Morgan fingerprint density at radius 3 is 2.67 bits per heavy atom. The smallest absolute Gasteiger partial charge is 0.243 e. The Kier molecular flexibility index (Phi) is 6.28. The van der Waals surface area contributed by atoms with Crippen LogP contribution >= 0.6 is 11.8 Å². The summed E-state index contributed by atoms with van der Waals surface area (Å²) >= 11 is 1.44. The molecule has 0 unspecified atom stereocenters. The molecule has 0 radical (unpaired) electrons. The van der Waals surface area contributed by atoms with E-state index in [1.165, 1.54) is 11.8 Å². The van der Waals surface area contributed by atoms with Crippen LogP contribution in [0.4, 0.5) is 0 Å². The number of hydrogen-bond acceptors (Lipinski definition) is 5. The summed E-state index contributed by atoms with van der Waals surface area (Å²) in [6.45, 7) is 4.37. The first kappa shape index (κ1) is 17.9. The molecule has 1 aliphatic rings. The van der Waals surface area contributed by atoms with Gasteiger partial charge in [-0.2, -0.15) is 10.5 Å². The summed E-state index contributed by atoms with van der Waals surface area (Å²) in [5.74, 6) is -0.542. The van der Waals surface area contributed by atoms with Gasteiger partial charge in [0.05, 0.1) is 35.3 Å². The van der Waals surface area contributed by atoms with Crippen LogP contribution in [0.5, 0.6) is 5.75 Å². The Bertz CT molecular complexity index is 731. The van der Waals surface area contributed by atoms with E-state index in [9.17, 15) is 15.3 Å². The molecule has 6 heteroatoms. The van der Waals surface area contributed by atoms with Crippen molar-refractivity contribution in [2.45, 2.75) is 26.2 Å². The summed E-state index contributed by atoms with van der Waals surface area (Å²) < 4.78 is 5.65. The van der Waals surface area contributed by atoms with Gasteiger partial charge in [0.25, 0.3) is 0 Å². The third-order valence-electron chi connectivity index (χ3n) is 3.67. The molecule has 1 heterocycles. The molecule has 0 saturated carbocycles. The Hall–Kier alpha value is -2.44. The number of benzene rings is 1. The van der Waals surface area contributed by atoms with Crippen molar-refractivity contribution in [2.75, 3.05) is 12.4 Å². The highest BCUT2D eigenvalue weighted by atomic mass is 32.2. The van der Waals surface area contributed by atoms with Crippen molar-refractivity contribution >= 4 is 17.7 Å². The van der Waals surface area contributed by atoms with Gasteiger partial charge in [0.15, 0.2) is 0 Å². The molecule has 2 rings (SSSR count). The first-order chi connectivity index (χ1) is 11.7. The van der Waals surface area contributed by atoms with Crippen molar-refractivity contribution in [3.05, 3.63) is 40.4 Å². The number of para-hydroxylation sites is 1. The predicted molar refractivity (Wildman–Crippen MR) is 93.0 cm³/mol. The number of nitrogens with one attached hydrogen (secondary N) is 1. The minimum Gasteiger partial charge on any atom is -0.494 e. The Morgan fingerprint density at radius 2 is 2.04 bits per heavy atom. The molecule has 24 heavy (non-hydrogen) atoms. The number of amides is 1. The van der Waals surface area contributed by atoms with Gasteiger partial charge in [-0.15, -0.1) is 11.8 Å². The SMILES string of the molecule is CCCSC1=C(C#N)[C@@H](c2ccccc2OCC)[C@@H](C#N)C(=O)N1. The molecule has 1 aromatic carbocycles. The summed E-state index contributed by atoms with van der Waals surface area (Å²) in [6, 6.07) is 11.5. The normalized spacial score (nSPS) is 20.1. The number of thioether (sulfide) groups is 1. The van der Waals surface area contributed by atoms with E-state index in [4.69, 9.17) is 4.74 Å². The lowest BCUT2D eigenvalue weighted by atomic mass is 9.79. The molecule has 5 nitrogen and oxygen atoms in total. The zero-order valence-corrected chi connectivity index (χ0v) is 14.5. The summed E-state index contributed by atoms with van der Waals surface area (Å²) in [4.78, 5) is 12.4. The average molecular weight is 341 g/mol. The maximum atomic E-state index is 12.4. The van der Waals surface area contributed by atoms with Crippen LogP contribution in [0.25, 0.3) is 0 Å².